The van der Waals surface area contributed by atoms with Crippen molar-refractivity contribution in [3.8, 4) is 0 Å². The Bertz CT molecular complexity index is 411. The number of aliphatic hydroxyl groups excluding tert-OH is 1. The van der Waals surface area contributed by atoms with E-state index in [4.69, 9.17) is 9.52 Å². The fourth-order valence-electron chi connectivity index (χ4n) is 1.82. The second-order valence-electron chi connectivity index (χ2n) is 4.00. The molecule has 90 valence electrons. The van der Waals surface area contributed by atoms with Gasteiger partial charge in [0.05, 0.1) is 19.4 Å². The first-order valence-corrected chi connectivity index (χ1v) is 5.78. The van der Waals surface area contributed by atoms with Gasteiger partial charge in [0.2, 0.25) is 0 Å². The molecule has 0 unspecified atom stereocenters. The van der Waals surface area contributed by atoms with Gasteiger partial charge in [0.15, 0.2) is 0 Å². The van der Waals surface area contributed by atoms with E-state index in [-0.39, 0.29) is 6.61 Å². The lowest BCUT2D eigenvalue weighted by molar-refractivity contribution is 0.175. The Hall–Kier alpha value is -1.58. The standard InChI is InChI=1S/C14H17NO2/c16-9-8-15(12-14-7-4-10-17-14)11-13-5-2-1-3-6-13/h1-7,10,16H,8-9,11-12H2. The number of hydrogen-bond acceptors (Lipinski definition) is 3. The Morgan fingerprint density at radius 3 is 2.47 bits per heavy atom. The second kappa shape index (κ2) is 6.23. The molecule has 0 radical (unpaired) electrons. The van der Waals surface area contributed by atoms with Gasteiger partial charge in [0, 0.05) is 13.1 Å². The molecule has 1 aromatic carbocycles. The van der Waals surface area contributed by atoms with Crippen LogP contribution >= 0.6 is 0 Å². The minimum absolute atomic E-state index is 0.160. The monoisotopic (exact) mass is 231 g/mol. The normalized spacial score (nSPS) is 10.9. The summed E-state index contributed by atoms with van der Waals surface area (Å²) in [6.07, 6.45) is 1.68. The van der Waals surface area contributed by atoms with Crippen molar-refractivity contribution < 1.29 is 9.52 Å². The molecule has 17 heavy (non-hydrogen) atoms. The van der Waals surface area contributed by atoms with Gasteiger partial charge < -0.3 is 9.52 Å². The zero-order valence-electron chi connectivity index (χ0n) is 9.75. The van der Waals surface area contributed by atoms with Crippen LogP contribution in [0.15, 0.2) is 53.1 Å². The molecule has 0 saturated heterocycles. The Morgan fingerprint density at radius 2 is 1.82 bits per heavy atom. The van der Waals surface area contributed by atoms with Gasteiger partial charge in [-0.1, -0.05) is 30.3 Å². The third kappa shape index (κ3) is 3.73. The van der Waals surface area contributed by atoms with Crippen LogP contribution in [0.3, 0.4) is 0 Å². The first-order valence-electron chi connectivity index (χ1n) is 5.78. The molecule has 0 fully saturated rings. The summed E-state index contributed by atoms with van der Waals surface area (Å²) in [7, 11) is 0. The van der Waals surface area contributed by atoms with Gasteiger partial charge in [-0.15, -0.1) is 0 Å². The second-order valence-corrected chi connectivity index (χ2v) is 4.00. The summed E-state index contributed by atoms with van der Waals surface area (Å²) >= 11 is 0. The highest BCUT2D eigenvalue weighted by atomic mass is 16.3. The van der Waals surface area contributed by atoms with Crippen LogP contribution in [0.1, 0.15) is 11.3 Å². The van der Waals surface area contributed by atoms with Crippen molar-refractivity contribution in [3.05, 3.63) is 60.1 Å². The Kier molecular flexibility index (Phi) is 4.36. The molecule has 0 atom stereocenters. The lowest BCUT2D eigenvalue weighted by atomic mass is 10.2. The Labute approximate surface area is 101 Å². The smallest absolute Gasteiger partial charge is 0.117 e. The molecule has 1 aromatic heterocycles. The molecule has 0 saturated carbocycles. The first-order chi connectivity index (χ1) is 8.38. The molecule has 0 bridgehead atoms. The number of rotatable bonds is 6. The van der Waals surface area contributed by atoms with Gasteiger partial charge in [-0.05, 0) is 17.7 Å². The zero-order valence-corrected chi connectivity index (χ0v) is 9.75. The molecule has 3 nitrogen and oxygen atoms in total. The summed E-state index contributed by atoms with van der Waals surface area (Å²) in [5.74, 6) is 0.925. The van der Waals surface area contributed by atoms with Crippen molar-refractivity contribution in [2.24, 2.45) is 0 Å². The van der Waals surface area contributed by atoms with Crippen LogP contribution in [0.25, 0.3) is 0 Å². The van der Waals surface area contributed by atoms with E-state index in [9.17, 15) is 0 Å². The van der Waals surface area contributed by atoms with Crippen LogP contribution in [0.5, 0.6) is 0 Å². The lowest BCUT2D eigenvalue weighted by Crippen LogP contribution is -2.25. The number of aliphatic hydroxyl groups is 1. The van der Waals surface area contributed by atoms with Crippen LogP contribution in [0, 0.1) is 0 Å². The number of nitrogens with zero attached hydrogens (tertiary/aromatic N) is 1. The van der Waals surface area contributed by atoms with Crippen LogP contribution in [0.4, 0.5) is 0 Å². The number of benzene rings is 1. The highest BCUT2D eigenvalue weighted by molar-refractivity contribution is 5.14. The van der Waals surface area contributed by atoms with Crippen LogP contribution in [-0.4, -0.2) is 23.2 Å². The average Bonchev–Trinajstić information content (AvgIpc) is 2.83. The van der Waals surface area contributed by atoms with E-state index < -0.39 is 0 Å². The SMILES string of the molecule is OCCN(Cc1ccccc1)Cc1ccco1. The Balaban J connectivity index is 1.97. The highest BCUT2D eigenvalue weighted by Gasteiger charge is 2.07. The van der Waals surface area contributed by atoms with Crippen molar-refractivity contribution in [2.45, 2.75) is 13.1 Å². The number of hydrogen-bond donors (Lipinski definition) is 1. The van der Waals surface area contributed by atoms with Gasteiger partial charge >= 0.3 is 0 Å². The van der Waals surface area contributed by atoms with Crippen LogP contribution in [-0.2, 0) is 13.1 Å². The maximum Gasteiger partial charge on any atom is 0.117 e. The van der Waals surface area contributed by atoms with E-state index in [0.29, 0.717) is 6.54 Å². The summed E-state index contributed by atoms with van der Waals surface area (Å²) < 4.78 is 5.32. The van der Waals surface area contributed by atoms with E-state index in [0.717, 1.165) is 18.8 Å². The van der Waals surface area contributed by atoms with Gasteiger partial charge in [-0.25, -0.2) is 0 Å². The largest absolute Gasteiger partial charge is 0.468 e. The van der Waals surface area contributed by atoms with Crippen molar-refractivity contribution in [2.75, 3.05) is 13.2 Å². The fourth-order valence-corrected chi connectivity index (χ4v) is 1.82. The zero-order chi connectivity index (χ0) is 11.9. The molecule has 3 heteroatoms. The van der Waals surface area contributed by atoms with E-state index >= 15 is 0 Å². The summed E-state index contributed by atoms with van der Waals surface area (Å²) in [6.45, 7) is 2.35. The van der Waals surface area contributed by atoms with Crippen LogP contribution < -0.4 is 0 Å². The number of furan rings is 1. The summed E-state index contributed by atoms with van der Waals surface area (Å²) in [6, 6.07) is 14.1. The molecule has 0 aliphatic heterocycles. The summed E-state index contributed by atoms with van der Waals surface area (Å²) in [4.78, 5) is 2.16. The molecule has 1 heterocycles. The third-order valence-electron chi connectivity index (χ3n) is 2.62. The topological polar surface area (TPSA) is 36.6 Å². The molecule has 2 rings (SSSR count). The minimum atomic E-state index is 0.160. The summed E-state index contributed by atoms with van der Waals surface area (Å²) in [5.41, 5.74) is 1.24. The maximum atomic E-state index is 9.07. The molecule has 0 spiro atoms. The van der Waals surface area contributed by atoms with E-state index in [1.807, 2.05) is 30.3 Å². The molecule has 2 aromatic rings. The average molecular weight is 231 g/mol. The molecular weight excluding hydrogens is 214 g/mol. The van der Waals surface area contributed by atoms with E-state index in [2.05, 4.69) is 17.0 Å². The predicted octanol–water partition coefficient (Wildman–Crippen LogP) is 2.27. The van der Waals surface area contributed by atoms with Crippen molar-refractivity contribution >= 4 is 0 Å². The van der Waals surface area contributed by atoms with Crippen molar-refractivity contribution in [1.29, 1.82) is 0 Å². The van der Waals surface area contributed by atoms with E-state index in [1.54, 1.807) is 6.26 Å². The Morgan fingerprint density at radius 1 is 1.00 bits per heavy atom. The molecule has 1 N–H and O–H groups in total. The fraction of sp³-hybridized carbons (Fsp3) is 0.286. The molecule has 0 aliphatic rings. The quantitative estimate of drug-likeness (QED) is 0.828. The summed E-state index contributed by atoms with van der Waals surface area (Å²) in [5, 5.41) is 9.07. The minimum Gasteiger partial charge on any atom is -0.468 e. The first kappa shape index (κ1) is 11.9. The predicted molar refractivity (Wildman–Crippen MR) is 66.3 cm³/mol. The van der Waals surface area contributed by atoms with Crippen molar-refractivity contribution in [1.82, 2.24) is 4.90 Å². The maximum absolute atomic E-state index is 9.07. The van der Waals surface area contributed by atoms with Gasteiger partial charge in [0.1, 0.15) is 5.76 Å². The molecular formula is C14H17NO2. The lowest BCUT2D eigenvalue weighted by Gasteiger charge is -2.20. The van der Waals surface area contributed by atoms with Gasteiger partial charge in [-0.2, -0.15) is 0 Å². The van der Waals surface area contributed by atoms with Crippen molar-refractivity contribution in [3.63, 3.8) is 0 Å². The third-order valence-corrected chi connectivity index (χ3v) is 2.62. The highest BCUT2D eigenvalue weighted by Crippen LogP contribution is 2.09. The van der Waals surface area contributed by atoms with Gasteiger partial charge in [-0.3, -0.25) is 4.90 Å². The van der Waals surface area contributed by atoms with Gasteiger partial charge in [0.25, 0.3) is 0 Å². The van der Waals surface area contributed by atoms with Crippen LogP contribution in [0.2, 0.25) is 0 Å². The van der Waals surface area contributed by atoms with E-state index in [1.165, 1.54) is 5.56 Å². The molecule has 0 amide bonds. The molecule has 0 aliphatic carbocycles.